The number of nitrogens with zero attached hydrogens (tertiary/aromatic N) is 3. The van der Waals surface area contributed by atoms with Gasteiger partial charge in [-0.2, -0.15) is 5.10 Å². The first kappa shape index (κ1) is 12.9. The van der Waals surface area contributed by atoms with Gasteiger partial charge in [-0.3, -0.25) is 4.68 Å². The Bertz CT molecular complexity index is 551. The number of halogens is 1. The maximum atomic E-state index is 5.91. The Balaban J connectivity index is 2.28. The van der Waals surface area contributed by atoms with Gasteiger partial charge in [-0.15, -0.1) is 11.6 Å². The highest BCUT2D eigenvalue weighted by Crippen LogP contribution is 2.16. The van der Waals surface area contributed by atoms with Crippen LogP contribution in [0.4, 0.5) is 0 Å². The maximum Gasteiger partial charge on any atom is 0.213 e. The molecule has 2 aromatic heterocycles. The molecule has 0 aromatic carbocycles. The molecule has 0 atom stereocenters. The van der Waals surface area contributed by atoms with Crippen LogP contribution in [0.3, 0.4) is 0 Å². The predicted molar refractivity (Wildman–Crippen MR) is 71.1 cm³/mol. The number of hydrogen-bond donors (Lipinski definition) is 0. The summed E-state index contributed by atoms with van der Waals surface area (Å²) in [5, 5.41) is 4.48. The van der Waals surface area contributed by atoms with Crippen molar-refractivity contribution >= 4 is 11.6 Å². The number of methoxy groups -OCH3 is 1. The molecule has 2 rings (SSSR count). The molecule has 0 fully saturated rings. The van der Waals surface area contributed by atoms with Crippen molar-refractivity contribution in [3.8, 4) is 5.88 Å². The molecule has 0 unspecified atom stereocenters. The Hall–Kier alpha value is -1.55. The fraction of sp³-hybridized carbons (Fsp3) is 0.385. The van der Waals surface area contributed by atoms with Crippen LogP contribution in [-0.4, -0.2) is 21.9 Å². The predicted octanol–water partition coefficient (Wildman–Crippen LogP) is 2.69. The zero-order chi connectivity index (χ0) is 13.1. The lowest BCUT2D eigenvalue weighted by molar-refractivity contribution is 0.395. The van der Waals surface area contributed by atoms with E-state index in [9.17, 15) is 0 Å². The molecule has 0 saturated carbocycles. The number of aromatic nitrogens is 3. The van der Waals surface area contributed by atoms with Gasteiger partial charge in [0.2, 0.25) is 5.88 Å². The average molecular weight is 266 g/mol. The topological polar surface area (TPSA) is 39.9 Å². The van der Waals surface area contributed by atoms with Crippen molar-refractivity contribution in [2.45, 2.75) is 26.3 Å². The van der Waals surface area contributed by atoms with Gasteiger partial charge in [0.25, 0.3) is 0 Å². The van der Waals surface area contributed by atoms with Crippen LogP contribution in [0.2, 0.25) is 0 Å². The molecule has 2 heterocycles. The molecule has 0 aliphatic rings. The van der Waals surface area contributed by atoms with E-state index in [4.69, 9.17) is 16.3 Å². The first-order valence-electron chi connectivity index (χ1n) is 5.74. The summed E-state index contributed by atoms with van der Waals surface area (Å²) >= 11 is 5.91. The molecule has 0 aliphatic heterocycles. The molecule has 0 N–H and O–H groups in total. The van der Waals surface area contributed by atoms with Gasteiger partial charge in [0.15, 0.2) is 0 Å². The molecule has 0 spiro atoms. The van der Waals surface area contributed by atoms with Gasteiger partial charge < -0.3 is 4.74 Å². The Labute approximate surface area is 112 Å². The molecule has 0 radical (unpaired) electrons. The fourth-order valence-corrected chi connectivity index (χ4v) is 2.28. The largest absolute Gasteiger partial charge is 0.481 e. The van der Waals surface area contributed by atoms with Crippen LogP contribution in [0, 0.1) is 13.8 Å². The average Bonchev–Trinajstić information content (AvgIpc) is 2.64. The minimum Gasteiger partial charge on any atom is -0.481 e. The van der Waals surface area contributed by atoms with Crippen LogP contribution < -0.4 is 4.74 Å². The molecule has 96 valence electrons. The van der Waals surface area contributed by atoms with Crippen molar-refractivity contribution < 1.29 is 4.74 Å². The van der Waals surface area contributed by atoms with Gasteiger partial charge in [0.1, 0.15) is 0 Å². The van der Waals surface area contributed by atoms with E-state index < -0.39 is 0 Å². The second kappa shape index (κ2) is 5.40. The van der Waals surface area contributed by atoms with Crippen molar-refractivity contribution in [1.29, 1.82) is 0 Å². The third-order valence-electron chi connectivity index (χ3n) is 2.97. The molecule has 18 heavy (non-hydrogen) atoms. The van der Waals surface area contributed by atoms with E-state index in [1.807, 2.05) is 36.7 Å². The van der Waals surface area contributed by atoms with Crippen molar-refractivity contribution in [1.82, 2.24) is 14.8 Å². The molecular weight excluding hydrogens is 250 g/mol. The number of hydrogen-bond acceptors (Lipinski definition) is 3. The molecule has 2 aromatic rings. The normalized spacial score (nSPS) is 10.7. The quantitative estimate of drug-likeness (QED) is 0.798. The first-order chi connectivity index (χ1) is 8.65. The van der Waals surface area contributed by atoms with Crippen molar-refractivity contribution in [2.24, 2.45) is 0 Å². The molecule has 0 aliphatic carbocycles. The molecule has 4 nitrogen and oxygen atoms in total. The van der Waals surface area contributed by atoms with Crippen LogP contribution in [0.5, 0.6) is 5.88 Å². The Morgan fingerprint density at radius 3 is 2.72 bits per heavy atom. The third kappa shape index (κ3) is 2.48. The Kier molecular flexibility index (Phi) is 3.87. The lowest BCUT2D eigenvalue weighted by Crippen LogP contribution is -2.06. The highest BCUT2D eigenvalue weighted by atomic mass is 35.5. The summed E-state index contributed by atoms with van der Waals surface area (Å²) in [6.45, 7) is 4.62. The van der Waals surface area contributed by atoms with Crippen molar-refractivity contribution in [2.75, 3.05) is 7.11 Å². The molecule has 0 amide bonds. The number of ether oxygens (including phenoxy) is 1. The van der Waals surface area contributed by atoms with Crippen molar-refractivity contribution in [3.05, 3.63) is 40.8 Å². The van der Waals surface area contributed by atoms with Gasteiger partial charge in [-0.05, 0) is 19.9 Å². The standard InChI is InChI=1S/C13H16ClN3O/c1-9-12(7-14)10(2)17(16-9)8-11-5-4-6-13(15-11)18-3/h4-6H,7-8H2,1-3H3. The zero-order valence-corrected chi connectivity index (χ0v) is 11.5. The monoisotopic (exact) mass is 265 g/mol. The summed E-state index contributed by atoms with van der Waals surface area (Å²) in [6.07, 6.45) is 0. The molecule has 0 saturated heterocycles. The highest BCUT2D eigenvalue weighted by Gasteiger charge is 2.11. The van der Waals surface area contributed by atoms with Gasteiger partial charge in [0.05, 0.1) is 30.9 Å². The van der Waals surface area contributed by atoms with Gasteiger partial charge in [-0.1, -0.05) is 6.07 Å². The summed E-state index contributed by atoms with van der Waals surface area (Å²) in [7, 11) is 1.61. The highest BCUT2D eigenvalue weighted by molar-refractivity contribution is 6.17. The Morgan fingerprint density at radius 2 is 2.11 bits per heavy atom. The van der Waals surface area contributed by atoms with Crippen LogP contribution in [-0.2, 0) is 12.4 Å². The van der Waals surface area contributed by atoms with Crippen LogP contribution in [0.15, 0.2) is 18.2 Å². The van der Waals surface area contributed by atoms with E-state index >= 15 is 0 Å². The van der Waals surface area contributed by atoms with E-state index in [0.717, 1.165) is 22.6 Å². The van der Waals surface area contributed by atoms with E-state index in [1.54, 1.807) is 7.11 Å². The summed E-state index contributed by atoms with van der Waals surface area (Å²) in [5.41, 5.74) is 4.08. The first-order valence-corrected chi connectivity index (χ1v) is 6.28. The fourth-order valence-electron chi connectivity index (χ4n) is 1.89. The van der Waals surface area contributed by atoms with E-state index in [0.29, 0.717) is 18.3 Å². The maximum absolute atomic E-state index is 5.91. The number of pyridine rings is 1. The third-order valence-corrected chi connectivity index (χ3v) is 3.23. The van der Waals surface area contributed by atoms with Gasteiger partial charge >= 0.3 is 0 Å². The second-order valence-electron chi connectivity index (χ2n) is 4.11. The van der Waals surface area contributed by atoms with E-state index in [2.05, 4.69) is 10.1 Å². The molecule has 5 heteroatoms. The van der Waals surface area contributed by atoms with Crippen LogP contribution in [0.1, 0.15) is 22.6 Å². The summed E-state index contributed by atoms with van der Waals surface area (Å²) in [4.78, 5) is 4.38. The lowest BCUT2D eigenvalue weighted by atomic mass is 10.2. The summed E-state index contributed by atoms with van der Waals surface area (Å²) < 4.78 is 7.04. The van der Waals surface area contributed by atoms with Crippen molar-refractivity contribution in [3.63, 3.8) is 0 Å². The minimum absolute atomic E-state index is 0.489. The zero-order valence-electron chi connectivity index (χ0n) is 10.8. The molecular formula is C13H16ClN3O. The SMILES string of the molecule is COc1cccc(Cn2nc(C)c(CCl)c2C)n1. The number of rotatable bonds is 4. The van der Waals surface area contributed by atoms with Gasteiger partial charge in [0, 0.05) is 17.3 Å². The number of aryl methyl sites for hydroxylation is 1. The molecule has 0 bridgehead atoms. The number of alkyl halides is 1. The van der Waals surface area contributed by atoms with E-state index in [-0.39, 0.29) is 0 Å². The Morgan fingerprint density at radius 1 is 1.33 bits per heavy atom. The van der Waals surface area contributed by atoms with E-state index in [1.165, 1.54) is 0 Å². The van der Waals surface area contributed by atoms with Crippen LogP contribution in [0.25, 0.3) is 0 Å². The lowest BCUT2D eigenvalue weighted by Gasteiger charge is -2.06. The minimum atomic E-state index is 0.489. The summed E-state index contributed by atoms with van der Waals surface area (Å²) in [5.74, 6) is 1.11. The summed E-state index contributed by atoms with van der Waals surface area (Å²) in [6, 6.07) is 5.71. The second-order valence-corrected chi connectivity index (χ2v) is 4.38. The van der Waals surface area contributed by atoms with Gasteiger partial charge in [-0.25, -0.2) is 4.98 Å². The van der Waals surface area contributed by atoms with Crippen LogP contribution >= 0.6 is 11.6 Å². The smallest absolute Gasteiger partial charge is 0.213 e.